The Hall–Kier alpha value is -2.83. The van der Waals surface area contributed by atoms with Gasteiger partial charge in [0.15, 0.2) is 0 Å². The van der Waals surface area contributed by atoms with Crippen molar-refractivity contribution in [1.29, 1.82) is 0 Å². The maximum absolute atomic E-state index is 12.2. The molecule has 1 aromatic carbocycles. The number of aromatic nitrogens is 2. The number of carbonyl (C=O) groups excluding carboxylic acids is 1. The number of ether oxygens (including phenoxy) is 1. The van der Waals surface area contributed by atoms with Crippen molar-refractivity contribution in [2.75, 3.05) is 12.4 Å². The average molecular weight is 331 g/mol. The average Bonchev–Trinajstić information content (AvgIpc) is 2.78. The van der Waals surface area contributed by atoms with Gasteiger partial charge in [0, 0.05) is 19.2 Å². The number of hydrogen-bond donors (Lipinski definition) is 2. The van der Waals surface area contributed by atoms with Crippen molar-refractivity contribution in [2.45, 2.75) is 26.7 Å². The van der Waals surface area contributed by atoms with E-state index < -0.39 is 5.97 Å². The fourth-order valence-corrected chi connectivity index (χ4v) is 2.56. The van der Waals surface area contributed by atoms with Crippen LogP contribution in [0.2, 0.25) is 0 Å². The van der Waals surface area contributed by atoms with Crippen LogP contribution in [-0.4, -0.2) is 33.9 Å². The molecule has 0 aliphatic carbocycles. The summed E-state index contributed by atoms with van der Waals surface area (Å²) in [4.78, 5) is 23.2. The lowest BCUT2D eigenvalue weighted by atomic mass is 10.1. The molecule has 0 saturated heterocycles. The number of nitrogens with one attached hydrogen (secondary N) is 1. The molecule has 0 saturated carbocycles. The van der Waals surface area contributed by atoms with Crippen LogP contribution in [-0.2, 0) is 18.3 Å². The van der Waals surface area contributed by atoms with E-state index in [9.17, 15) is 9.59 Å². The lowest BCUT2D eigenvalue weighted by Gasteiger charge is -2.11. The summed E-state index contributed by atoms with van der Waals surface area (Å²) in [6.07, 6.45) is 0.893. The van der Waals surface area contributed by atoms with Crippen LogP contribution in [0.3, 0.4) is 0 Å². The summed E-state index contributed by atoms with van der Waals surface area (Å²) in [5, 5.41) is 16.1. The molecule has 1 amide bonds. The van der Waals surface area contributed by atoms with E-state index in [1.807, 2.05) is 20.9 Å². The highest BCUT2D eigenvalue weighted by Gasteiger charge is 2.14. The molecule has 0 atom stereocenters. The minimum Gasteiger partial charge on any atom is -0.495 e. The molecule has 0 bridgehead atoms. The zero-order valence-corrected chi connectivity index (χ0v) is 14.2. The van der Waals surface area contributed by atoms with E-state index in [4.69, 9.17) is 9.84 Å². The summed E-state index contributed by atoms with van der Waals surface area (Å²) in [5.74, 6) is -0.898. The van der Waals surface area contributed by atoms with Crippen molar-refractivity contribution >= 4 is 17.6 Å². The van der Waals surface area contributed by atoms with E-state index in [-0.39, 0.29) is 11.5 Å². The van der Waals surface area contributed by atoms with E-state index >= 15 is 0 Å². The number of nitrogens with zero attached hydrogens (tertiary/aromatic N) is 2. The predicted octanol–water partition coefficient (Wildman–Crippen LogP) is 2.32. The molecule has 0 unspecified atom stereocenters. The maximum Gasteiger partial charge on any atom is 0.335 e. The molecular weight excluding hydrogens is 310 g/mol. The van der Waals surface area contributed by atoms with Crippen molar-refractivity contribution < 1.29 is 19.4 Å². The predicted molar refractivity (Wildman–Crippen MR) is 89.6 cm³/mol. The number of carbonyl (C=O) groups is 2. The molecule has 7 nitrogen and oxygen atoms in total. The van der Waals surface area contributed by atoms with Gasteiger partial charge in [-0.05, 0) is 44.0 Å². The van der Waals surface area contributed by atoms with Crippen LogP contribution in [0.5, 0.6) is 5.75 Å². The lowest BCUT2D eigenvalue weighted by molar-refractivity contribution is -0.116. The van der Waals surface area contributed by atoms with Gasteiger partial charge in [-0.1, -0.05) is 0 Å². The molecule has 0 aliphatic rings. The van der Waals surface area contributed by atoms with Crippen molar-refractivity contribution in [1.82, 2.24) is 9.78 Å². The Morgan fingerprint density at radius 2 is 2.04 bits per heavy atom. The van der Waals surface area contributed by atoms with E-state index in [0.717, 1.165) is 17.0 Å². The largest absolute Gasteiger partial charge is 0.495 e. The molecule has 0 radical (unpaired) electrons. The molecule has 1 heterocycles. The normalized spacial score (nSPS) is 10.5. The molecule has 1 aromatic heterocycles. The van der Waals surface area contributed by atoms with Crippen molar-refractivity contribution in [3.8, 4) is 5.75 Å². The van der Waals surface area contributed by atoms with Crippen LogP contribution in [0.4, 0.5) is 5.69 Å². The molecule has 7 heteroatoms. The first-order valence-corrected chi connectivity index (χ1v) is 7.53. The maximum atomic E-state index is 12.2. The van der Waals surface area contributed by atoms with Crippen LogP contribution in [0.25, 0.3) is 0 Å². The molecule has 2 rings (SSSR count). The second-order valence-corrected chi connectivity index (χ2v) is 5.54. The first kappa shape index (κ1) is 17.5. The highest BCUT2D eigenvalue weighted by Crippen LogP contribution is 2.26. The van der Waals surface area contributed by atoms with Crippen molar-refractivity contribution in [3.63, 3.8) is 0 Å². The van der Waals surface area contributed by atoms with Gasteiger partial charge in [-0.25, -0.2) is 4.79 Å². The third-order valence-electron chi connectivity index (χ3n) is 3.98. The molecule has 2 aromatic rings. The number of carboxylic acid groups (broad SMARTS) is 1. The first-order valence-electron chi connectivity index (χ1n) is 7.53. The molecule has 0 aliphatic heterocycles. The Labute approximate surface area is 140 Å². The highest BCUT2D eigenvalue weighted by atomic mass is 16.5. The smallest absolute Gasteiger partial charge is 0.335 e. The molecule has 24 heavy (non-hydrogen) atoms. The Kier molecular flexibility index (Phi) is 5.23. The fourth-order valence-electron chi connectivity index (χ4n) is 2.56. The molecule has 0 fully saturated rings. The molecular formula is C17H21N3O4. The zero-order chi connectivity index (χ0) is 17.9. The first-order chi connectivity index (χ1) is 11.3. The number of amides is 1. The van der Waals surface area contributed by atoms with E-state index in [1.165, 1.54) is 25.3 Å². The van der Waals surface area contributed by atoms with Gasteiger partial charge in [-0.3, -0.25) is 9.48 Å². The van der Waals surface area contributed by atoms with Gasteiger partial charge in [0.2, 0.25) is 5.91 Å². The third kappa shape index (κ3) is 3.73. The number of rotatable bonds is 6. The quantitative estimate of drug-likeness (QED) is 0.847. The van der Waals surface area contributed by atoms with Crippen LogP contribution in [0.1, 0.15) is 33.7 Å². The van der Waals surface area contributed by atoms with Gasteiger partial charge in [0.05, 0.1) is 24.1 Å². The van der Waals surface area contributed by atoms with Gasteiger partial charge in [0.25, 0.3) is 0 Å². The Bertz CT molecular complexity index is 780. The zero-order valence-electron chi connectivity index (χ0n) is 14.2. The summed E-state index contributed by atoms with van der Waals surface area (Å²) < 4.78 is 6.95. The van der Waals surface area contributed by atoms with E-state index in [0.29, 0.717) is 24.3 Å². The molecule has 2 N–H and O–H groups in total. The molecule has 0 spiro atoms. The highest BCUT2D eigenvalue weighted by molar-refractivity contribution is 5.94. The number of aryl methyl sites for hydroxylation is 2. The van der Waals surface area contributed by atoms with Gasteiger partial charge in [-0.2, -0.15) is 5.10 Å². The van der Waals surface area contributed by atoms with Crippen LogP contribution >= 0.6 is 0 Å². The fraction of sp³-hybridized carbons (Fsp3) is 0.353. The van der Waals surface area contributed by atoms with Crippen molar-refractivity contribution in [2.24, 2.45) is 7.05 Å². The topological polar surface area (TPSA) is 93.4 Å². The SMILES string of the molecule is COc1cc(C(=O)O)ccc1NC(=O)CCc1c(C)nn(C)c1C. The number of anilines is 1. The monoisotopic (exact) mass is 331 g/mol. The second-order valence-electron chi connectivity index (χ2n) is 5.54. The summed E-state index contributed by atoms with van der Waals surface area (Å²) in [7, 11) is 3.31. The van der Waals surface area contributed by atoms with Crippen LogP contribution < -0.4 is 10.1 Å². The second kappa shape index (κ2) is 7.16. The summed E-state index contributed by atoms with van der Waals surface area (Å²) in [5.41, 5.74) is 3.59. The Balaban J connectivity index is 2.06. The number of benzene rings is 1. The minimum absolute atomic E-state index is 0.103. The Morgan fingerprint density at radius 1 is 1.33 bits per heavy atom. The summed E-state index contributed by atoms with van der Waals surface area (Å²) >= 11 is 0. The van der Waals surface area contributed by atoms with E-state index in [1.54, 1.807) is 4.68 Å². The Morgan fingerprint density at radius 3 is 2.58 bits per heavy atom. The number of carboxylic acids is 1. The lowest BCUT2D eigenvalue weighted by Crippen LogP contribution is -2.14. The van der Waals surface area contributed by atoms with Gasteiger partial charge >= 0.3 is 5.97 Å². The molecule has 128 valence electrons. The van der Waals surface area contributed by atoms with Gasteiger partial charge in [-0.15, -0.1) is 0 Å². The third-order valence-corrected chi connectivity index (χ3v) is 3.98. The number of methoxy groups -OCH3 is 1. The standard InChI is InChI=1S/C17H21N3O4/c1-10-13(11(2)20(3)19-10)6-8-16(21)18-14-7-5-12(17(22)23)9-15(14)24-4/h5,7,9H,6,8H2,1-4H3,(H,18,21)(H,22,23). The van der Waals surface area contributed by atoms with Crippen LogP contribution in [0.15, 0.2) is 18.2 Å². The number of aromatic carboxylic acids is 1. The van der Waals surface area contributed by atoms with Crippen molar-refractivity contribution in [3.05, 3.63) is 40.7 Å². The van der Waals surface area contributed by atoms with Gasteiger partial charge < -0.3 is 15.2 Å². The van der Waals surface area contributed by atoms with Gasteiger partial charge in [0.1, 0.15) is 5.75 Å². The summed E-state index contributed by atoms with van der Waals surface area (Å²) in [6.45, 7) is 3.90. The number of hydrogen-bond acceptors (Lipinski definition) is 4. The van der Waals surface area contributed by atoms with Crippen LogP contribution in [0, 0.1) is 13.8 Å². The van der Waals surface area contributed by atoms with E-state index in [2.05, 4.69) is 10.4 Å². The minimum atomic E-state index is -1.05. The summed E-state index contributed by atoms with van der Waals surface area (Å²) in [6, 6.07) is 4.34.